The molecule has 5 amide bonds. The number of rotatable bonds is 24. The number of methoxy groups -OCH3 is 2. The Morgan fingerprint density at radius 3 is 1.75 bits per heavy atom. The van der Waals surface area contributed by atoms with E-state index in [9.17, 15) is 43.2 Å². The van der Waals surface area contributed by atoms with Crippen molar-refractivity contribution in [2.24, 2.45) is 10.3 Å². The van der Waals surface area contributed by atoms with Crippen LogP contribution >= 0.6 is 46.2 Å². The first-order chi connectivity index (χ1) is 36.2. The summed E-state index contributed by atoms with van der Waals surface area (Å²) in [7, 11) is 5.16. The third-order valence-corrected chi connectivity index (χ3v) is 13.8. The number of fused-ring (bicyclic) bond motifs is 1. The van der Waals surface area contributed by atoms with Crippen LogP contribution in [0.4, 0.5) is 24.6 Å². The Morgan fingerprint density at radius 1 is 0.724 bits per heavy atom. The van der Waals surface area contributed by atoms with E-state index in [1.807, 2.05) is 0 Å². The molecule has 1 fully saturated rings. The number of hydrogen-bond donors (Lipinski definition) is 5. The first-order valence-electron chi connectivity index (χ1n) is 22.4. The summed E-state index contributed by atoms with van der Waals surface area (Å²) >= 11 is 4.21. The minimum Gasteiger partial charge on any atom is -0.431 e. The van der Waals surface area contributed by atoms with Crippen molar-refractivity contribution >= 4 is 122 Å². The number of β-lactam (4-membered cyclic amide) rings is 1. The smallest absolute Gasteiger partial charge is 0.431 e. The molecular formula is C43H54N10O19S4. The van der Waals surface area contributed by atoms with Crippen LogP contribution in [0.15, 0.2) is 43.6 Å². The van der Waals surface area contributed by atoms with Crippen LogP contribution in [0.2, 0.25) is 0 Å². The third-order valence-electron chi connectivity index (χ3n) is 9.68. The van der Waals surface area contributed by atoms with Gasteiger partial charge in [-0.1, -0.05) is 10.3 Å². The molecular weight excluding hydrogens is 1090 g/mol. The van der Waals surface area contributed by atoms with E-state index in [-0.39, 0.29) is 63.5 Å². The number of nitrogens with one attached hydrogen (secondary N) is 5. The fraction of sp³-hybridized carbons (Fsp3) is 0.512. The van der Waals surface area contributed by atoms with Crippen LogP contribution in [0.5, 0.6) is 0 Å². The maximum absolute atomic E-state index is 13.7. The predicted molar refractivity (Wildman–Crippen MR) is 271 cm³/mol. The summed E-state index contributed by atoms with van der Waals surface area (Å²) in [6.07, 6.45) is -5.39. The molecule has 76 heavy (non-hydrogen) atoms. The van der Waals surface area contributed by atoms with Crippen LogP contribution in [-0.4, -0.2) is 181 Å². The average Bonchev–Trinajstić information content (AvgIpc) is 4.01. The van der Waals surface area contributed by atoms with Crippen LogP contribution in [0.1, 0.15) is 52.9 Å². The highest BCUT2D eigenvalue weighted by molar-refractivity contribution is 8.00. The largest absolute Gasteiger partial charge is 0.511 e. The second-order valence-electron chi connectivity index (χ2n) is 16.1. The number of carbonyl (C=O) groups is 9. The molecule has 0 bridgehead atoms. The van der Waals surface area contributed by atoms with Crippen LogP contribution in [0, 0.1) is 0 Å². The third kappa shape index (κ3) is 16.0. The van der Waals surface area contributed by atoms with Gasteiger partial charge in [0.2, 0.25) is 12.6 Å². The van der Waals surface area contributed by atoms with Crippen molar-refractivity contribution in [3.05, 3.63) is 44.7 Å². The Balaban J connectivity index is 1.18. The Bertz CT molecular complexity index is 2560. The molecule has 3 aliphatic heterocycles. The van der Waals surface area contributed by atoms with E-state index in [2.05, 4.69) is 46.9 Å². The highest BCUT2D eigenvalue weighted by atomic mass is 32.2. The van der Waals surface area contributed by atoms with Gasteiger partial charge in [-0.15, -0.1) is 46.2 Å². The Kier molecular flexibility index (Phi) is 22.2. The van der Waals surface area contributed by atoms with E-state index in [1.54, 1.807) is 27.7 Å². The average molecular weight is 1140 g/mol. The Labute approximate surface area is 449 Å². The van der Waals surface area contributed by atoms with Crippen LogP contribution in [0.25, 0.3) is 0 Å². The lowest BCUT2D eigenvalue weighted by Gasteiger charge is -2.49. The summed E-state index contributed by atoms with van der Waals surface area (Å²) in [4.78, 5) is 136. The van der Waals surface area contributed by atoms with Crippen molar-refractivity contribution in [3.8, 4) is 0 Å². The molecule has 6 atom stereocenters. The van der Waals surface area contributed by atoms with Gasteiger partial charge < -0.3 is 68.3 Å². The molecule has 2 aromatic rings. The first kappa shape index (κ1) is 59.8. The fourth-order valence-corrected chi connectivity index (χ4v) is 10.5. The number of ether oxygens (including phenoxy) is 8. The van der Waals surface area contributed by atoms with Crippen molar-refractivity contribution < 1.29 is 90.7 Å². The number of carbonyl (C=O) groups excluding carboxylic acids is 9. The maximum Gasteiger partial charge on any atom is 0.511 e. The lowest BCUT2D eigenvalue weighted by molar-refractivity contribution is -0.169. The number of urea groups is 1. The summed E-state index contributed by atoms with van der Waals surface area (Å²) in [5.74, 6) is -4.00. The predicted octanol–water partition coefficient (Wildman–Crippen LogP) is 2.39. The van der Waals surface area contributed by atoms with Crippen molar-refractivity contribution in [1.29, 1.82) is 0 Å². The van der Waals surface area contributed by atoms with E-state index < -0.39 is 101 Å². The summed E-state index contributed by atoms with van der Waals surface area (Å²) < 4.78 is 40.9. The van der Waals surface area contributed by atoms with E-state index in [0.29, 0.717) is 17.4 Å². The molecule has 0 aromatic carbocycles. The molecule has 5 heterocycles. The molecule has 0 unspecified atom stereocenters. The van der Waals surface area contributed by atoms with Crippen LogP contribution < -0.4 is 26.6 Å². The number of anilines is 2. The topological polar surface area (TPSA) is 360 Å². The SMILES string of the molecule is COCC1=C(C(=O)O[C@@H](C)OC(=O)OC(C)C)N[C@@H]([C@@H](C=O)NC(=O)/C(=N\OC)c2csc(NC(=O)Nc3nc(/C(=N/OC)C(=O)N[C@@H]4C(=O)N5C(C(=O)O[C@@H](C)OC(=O)OC(C)C)=C(COC)CS[C@H]45)cs3)n2)SC1. The van der Waals surface area contributed by atoms with E-state index in [1.165, 1.54) is 76.6 Å². The molecule has 29 nitrogen and oxygen atoms in total. The molecule has 33 heteroatoms. The maximum atomic E-state index is 13.7. The fourth-order valence-electron chi connectivity index (χ4n) is 6.67. The highest BCUT2D eigenvalue weighted by Crippen LogP contribution is 2.41. The van der Waals surface area contributed by atoms with E-state index in [4.69, 9.17) is 47.6 Å². The highest BCUT2D eigenvalue weighted by Gasteiger charge is 2.55. The lowest BCUT2D eigenvalue weighted by Crippen LogP contribution is -2.71. The number of oxime groups is 2. The van der Waals surface area contributed by atoms with Crippen molar-refractivity contribution in [3.63, 3.8) is 0 Å². The zero-order chi connectivity index (χ0) is 55.8. The Morgan fingerprint density at radius 2 is 1.24 bits per heavy atom. The molecule has 0 spiro atoms. The number of thiazole rings is 2. The molecule has 0 saturated carbocycles. The number of aromatic nitrogens is 2. The molecule has 1 saturated heterocycles. The van der Waals surface area contributed by atoms with Crippen molar-refractivity contribution in [2.75, 3.05) is 63.8 Å². The van der Waals surface area contributed by atoms with Gasteiger partial charge in [0, 0.05) is 50.3 Å². The molecule has 0 radical (unpaired) electrons. The van der Waals surface area contributed by atoms with Crippen LogP contribution in [0.3, 0.4) is 0 Å². The van der Waals surface area contributed by atoms with Gasteiger partial charge in [-0.2, -0.15) is 0 Å². The second kappa shape index (κ2) is 28.2. The minimum atomic E-state index is -1.38. The summed E-state index contributed by atoms with van der Waals surface area (Å²) in [6.45, 7) is 9.01. The monoisotopic (exact) mass is 1140 g/mol. The van der Waals surface area contributed by atoms with Gasteiger partial charge in [-0.05, 0) is 38.8 Å². The number of thioether (sulfide) groups is 2. The van der Waals surface area contributed by atoms with Crippen LogP contribution in [-0.2, 0) is 76.3 Å². The van der Waals surface area contributed by atoms with Gasteiger partial charge in [0.25, 0.3) is 17.7 Å². The standard InChI is InChI=1S/C43H54N10O19S4/c1-18(2)67-42(61)71-20(5)69-37(58)27-22(12-63-7)14-73-34(48-27)24(11-54)44-32(55)28(51-65-9)25-16-75-40(45-25)49-39(60)50-41-46-26(17-76-41)29(52-66-10)33(56)47-30-35(57)53-31(23(13-64-8)15-74-36(30)53)38(59)70-21(6)72-43(62)68-19(3)4/h11,16-21,24,30,34,36,48H,12-15H2,1-10H3,(H,44,55)(H,47,56)(H2,45,46,49,50,60)/b51-28-,52-29-/t20-,21-,24-,30-,34-,36-/m1/s1. The molecule has 2 aromatic heterocycles. The van der Waals surface area contributed by atoms with Gasteiger partial charge in [0.15, 0.2) is 21.7 Å². The number of esters is 2. The van der Waals surface area contributed by atoms with Gasteiger partial charge in [-0.25, -0.2) is 33.9 Å². The van der Waals surface area contributed by atoms with Gasteiger partial charge in [0.05, 0.1) is 25.4 Å². The van der Waals surface area contributed by atoms with Crippen molar-refractivity contribution in [1.82, 2.24) is 30.8 Å². The summed E-state index contributed by atoms with van der Waals surface area (Å²) in [6, 6.07) is -3.28. The number of aldehydes is 1. The molecule has 414 valence electrons. The van der Waals surface area contributed by atoms with Gasteiger partial charge >= 0.3 is 30.3 Å². The van der Waals surface area contributed by atoms with Gasteiger partial charge in [0.1, 0.15) is 66.1 Å². The quantitative estimate of drug-likeness (QED) is 0.0192. The zero-order valence-corrected chi connectivity index (χ0v) is 45.6. The van der Waals surface area contributed by atoms with Crippen molar-refractivity contribution in [2.45, 2.75) is 89.2 Å². The van der Waals surface area contributed by atoms with E-state index in [0.717, 1.165) is 27.6 Å². The van der Waals surface area contributed by atoms with E-state index >= 15 is 0 Å². The zero-order valence-electron chi connectivity index (χ0n) is 42.3. The lowest BCUT2D eigenvalue weighted by atomic mass is 10.0. The second-order valence-corrected chi connectivity index (χ2v) is 20.0. The molecule has 5 N–H and O–H groups in total. The van der Waals surface area contributed by atoms with Gasteiger partial charge in [-0.3, -0.25) is 29.9 Å². The number of amides is 5. The summed E-state index contributed by atoms with van der Waals surface area (Å²) in [5, 5.41) is 21.7. The molecule has 3 aliphatic rings. The molecule has 0 aliphatic carbocycles. The first-order valence-corrected chi connectivity index (χ1v) is 26.3. The number of hydrogen-bond acceptors (Lipinski definition) is 28. The minimum absolute atomic E-state index is 0.00184. The molecule has 5 rings (SSSR count). The summed E-state index contributed by atoms with van der Waals surface area (Å²) in [5.41, 5.74) is -0.223. The normalized spacial score (nSPS) is 18.7. The Hall–Kier alpha value is -7.07. The number of nitrogens with zero attached hydrogens (tertiary/aromatic N) is 5.